The molecule has 0 saturated carbocycles. The lowest BCUT2D eigenvalue weighted by Gasteiger charge is -2.38. The van der Waals surface area contributed by atoms with Gasteiger partial charge >= 0.3 is 12.3 Å². The molecule has 1 fully saturated rings. The smallest absolute Gasteiger partial charge is 0.416 e. The summed E-state index contributed by atoms with van der Waals surface area (Å²) in [7, 11) is 0. The second-order valence-electron chi connectivity index (χ2n) is 10.5. The summed E-state index contributed by atoms with van der Waals surface area (Å²) in [6.45, 7) is 9.30. The molecule has 3 heterocycles. The Labute approximate surface area is 212 Å². The summed E-state index contributed by atoms with van der Waals surface area (Å²) < 4.78 is 61.7. The lowest BCUT2D eigenvalue weighted by atomic mass is 9.88. The Balaban J connectivity index is 1.52. The third kappa shape index (κ3) is 5.97. The van der Waals surface area contributed by atoms with Gasteiger partial charge in [0.15, 0.2) is 5.65 Å². The van der Waals surface area contributed by atoms with Crippen LogP contribution in [0.3, 0.4) is 0 Å². The second-order valence-corrected chi connectivity index (χ2v) is 10.5. The number of nitrogens with one attached hydrogen (secondary N) is 1. The summed E-state index contributed by atoms with van der Waals surface area (Å²) in [5.41, 5.74) is 0.573. The molecular weight excluding hydrogens is 490 g/mol. The molecule has 3 unspecified atom stereocenters. The molecule has 3 aromatic rings. The molecule has 1 aliphatic rings. The number of anilines is 1. The van der Waals surface area contributed by atoms with Crippen LogP contribution in [0.1, 0.15) is 45.2 Å². The zero-order valence-corrected chi connectivity index (χ0v) is 21.4. The number of carbonyl (C=O) groups excluding carboxylic acids is 1. The predicted octanol–water partition coefficient (Wildman–Crippen LogP) is 6.12. The molecule has 4 rings (SSSR count). The van der Waals surface area contributed by atoms with Crippen molar-refractivity contribution >= 4 is 17.6 Å². The van der Waals surface area contributed by atoms with Crippen molar-refractivity contribution < 1.29 is 27.1 Å². The van der Waals surface area contributed by atoms with Crippen molar-refractivity contribution in [2.45, 2.75) is 65.0 Å². The molecule has 1 N–H and O–H groups in total. The van der Waals surface area contributed by atoms with Crippen molar-refractivity contribution in [2.24, 2.45) is 5.92 Å². The fourth-order valence-corrected chi connectivity index (χ4v) is 4.50. The molecule has 1 saturated heterocycles. The highest BCUT2D eigenvalue weighted by atomic mass is 19.4. The van der Waals surface area contributed by atoms with Crippen LogP contribution < -0.4 is 5.32 Å². The summed E-state index contributed by atoms with van der Waals surface area (Å²) in [6.07, 6.45) is -4.34. The maximum atomic E-state index is 15.2. The Kier molecular flexibility index (Phi) is 7.09. The summed E-state index contributed by atoms with van der Waals surface area (Å²) in [5, 5.41) is 7.88. The van der Waals surface area contributed by atoms with Gasteiger partial charge in [-0.15, -0.1) is 5.10 Å². The fraction of sp³-hybridized carbons (Fsp3) is 0.500. The number of piperidine rings is 1. The van der Waals surface area contributed by atoms with Crippen molar-refractivity contribution in [2.75, 3.05) is 18.4 Å². The van der Waals surface area contributed by atoms with Crippen molar-refractivity contribution in [3.8, 4) is 11.3 Å². The van der Waals surface area contributed by atoms with Gasteiger partial charge in [0.05, 0.1) is 24.0 Å². The van der Waals surface area contributed by atoms with E-state index in [0.29, 0.717) is 35.7 Å². The van der Waals surface area contributed by atoms with Crippen LogP contribution in [-0.4, -0.2) is 56.5 Å². The monoisotopic (exact) mass is 521 g/mol. The van der Waals surface area contributed by atoms with Gasteiger partial charge in [-0.1, -0.05) is 12.1 Å². The number of rotatable bonds is 4. The van der Waals surface area contributed by atoms with Gasteiger partial charge < -0.3 is 15.0 Å². The zero-order valence-electron chi connectivity index (χ0n) is 21.4. The van der Waals surface area contributed by atoms with Crippen LogP contribution in [0.2, 0.25) is 0 Å². The minimum absolute atomic E-state index is 0.0573. The number of aromatic nitrogens is 3. The van der Waals surface area contributed by atoms with Gasteiger partial charge in [-0.25, -0.2) is 18.7 Å². The van der Waals surface area contributed by atoms with Crippen LogP contribution in [0.4, 0.5) is 28.2 Å². The van der Waals surface area contributed by atoms with E-state index in [4.69, 9.17) is 4.74 Å². The average molecular weight is 522 g/mol. The lowest BCUT2D eigenvalue weighted by Crippen LogP contribution is -2.50. The Hall–Kier alpha value is -3.37. The number of hydrogen-bond acceptors (Lipinski definition) is 5. The van der Waals surface area contributed by atoms with Crippen molar-refractivity contribution in [3.63, 3.8) is 0 Å². The summed E-state index contributed by atoms with van der Waals surface area (Å²) in [5.74, 6) is 0.106. The molecule has 7 nitrogen and oxygen atoms in total. The van der Waals surface area contributed by atoms with E-state index < -0.39 is 29.6 Å². The van der Waals surface area contributed by atoms with Gasteiger partial charge in [0.25, 0.3) is 0 Å². The van der Waals surface area contributed by atoms with E-state index in [0.717, 1.165) is 17.7 Å². The number of alkyl halides is 4. The van der Waals surface area contributed by atoms with E-state index in [1.165, 1.54) is 21.7 Å². The summed E-state index contributed by atoms with van der Waals surface area (Å²) in [6, 6.07) is 6.45. The minimum Gasteiger partial charge on any atom is -0.444 e. The van der Waals surface area contributed by atoms with Gasteiger partial charge in [-0.3, -0.25) is 0 Å². The highest BCUT2D eigenvalue weighted by Crippen LogP contribution is 2.33. The first-order valence-corrected chi connectivity index (χ1v) is 12.1. The third-order valence-electron chi connectivity index (χ3n) is 6.42. The average Bonchev–Trinajstić information content (AvgIpc) is 3.20. The van der Waals surface area contributed by atoms with E-state index in [1.807, 2.05) is 13.8 Å². The maximum absolute atomic E-state index is 15.2. The number of amides is 1. The van der Waals surface area contributed by atoms with Crippen LogP contribution in [-0.2, 0) is 10.9 Å². The van der Waals surface area contributed by atoms with E-state index in [-0.39, 0.29) is 18.5 Å². The highest BCUT2D eigenvalue weighted by Gasteiger charge is 2.36. The van der Waals surface area contributed by atoms with Crippen LogP contribution >= 0.6 is 0 Å². The number of aryl methyl sites for hydroxylation is 1. The number of halogens is 4. The summed E-state index contributed by atoms with van der Waals surface area (Å²) in [4.78, 5) is 18.0. The first-order chi connectivity index (χ1) is 17.2. The van der Waals surface area contributed by atoms with Gasteiger partial charge in [-0.2, -0.15) is 13.2 Å². The molecule has 0 bridgehead atoms. The lowest BCUT2D eigenvalue weighted by molar-refractivity contribution is -0.137. The molecule has 37 heavy (non-hydrogen) atoms. The van der Waals surface area contributed by atoms with Gasteiger partial charge in [0.2, 0.25) is 0 Å². The van der Waals surface area contributed by atoms with Crippen molar-refractivity contribution in [3.05, 3.63) is 47.7 Å². The zero-order chi connectivity index (χ0) is 27.1. The number of ether oxygens (including phenoxy) is 1. The molecule has 200 valence electrons. The van der Waals surface area contributed by atoms with E-state index in [2.05, 4.69) is 15.4 Å². The van der Waals surface area contributed by atoms with E-state index in [9.17, 15) is 18.0 Å². The molecule has 0 aliphatic carbocycles. The first kappa shape index (κ1) is 26.7. The van der Waals surface area contributed by atoms with Gasteiger partial charge in [-0.05, 0) is 64.8 Å². The van der Waals surface area contributed by atoms with Crippen molar-refractivity contribution in [1.29, 1.82) is 0 Å². The Morgan fingerprint density at radius 3 is 2.59 bits per heavy atom. The normalized spacial score (nSPS) is 19.6. The van der Waals surface area contributed by atoms with Gasteiger partial charge in [0.1, 0.15) is 17.6 Å². The topological polar surface area (TPSA) is 71.8 Å². The second kappa shape index (κ2) is 9.83. The number of imidazole rings is 1. The SMILES string of the molecule is Cc1cc2ncc(-c3cccc(C(F)(F)F)c3)n2nc1NC(C)C1CCN(C(=O)OC(C)(C)C)CC1F. The van der Waals surface area contributed by atoms with Crippen molar-refractivity contribution in [1.82, 2.24) is 19.5 Å². The van der Waals surface area contributed by atoms with Crippen LogP contribution in [0.15, 0.2) is 36.5 Å². The molecule has 1 aliphatic heterocycles. The standard InChI is InChI=1S/C26H31F4N5O2/c1-15-11-22-31-13-21(17-7-6-8-18(12-17)26(28,29)30)35(22)33-23(15)32-16(2)19-9-10-34(14-20(19)27)24(36)37-25(3,4)5/h6-8,11-13,16,19-20H,9-10,14H2,1-5H3,(H,32,33). The minimum atomic E-state index is -4.47. The fourth-order valence-electron chi connectivity index (χ4n) is 4.50. The molecule has 11 heteroatoms. The number of hydrogen-bond donors (Lipinski definition) is 1. The molecule has 0 spiro atoms. The number of fused-ring (bicyclic) bond motifs is 1. The van der Waals surface area contributed by atoms with Gasteiger partial charge in [0, 0.05) is 24.1 Å². The van der Waals surface area contributed by atoms with E-state index in [1.54, 1.807) is 32.9 Å². The third-order valence-corrected chi connectivity index (χ3v) is 6.42. The van der Waals surface area contributed by atoms with E-state index >= 15 is 4.39 Å². The quantitative estimate of drug-likeness (QED) is 0.419. The number of likely N-dealkylation sites (tertiary alicyclic amines) is 1. The van der Waals surface area contributed by atoms with Crippen LogP contribution in [0.25, 0.3) is 16.9 Å². The molecule has 1 amide bonds. The molecule has 0 radical (unpaired) electrons. The molecule has 1 aromatic carbocycles. The highest BCUT2D eigenvalue weighted by molar-refractivity contribution is 5.68. The van der Waals surface area contributed by atoms with Crippen LogP contribution in [0, 0.1) is 12.8 Å². The Morgan fingerprint density at radius 1 is 1.22 bits per heavy atom. The molecule has 2 aromatic heterocycles. The predicted molar refractivity (Wildman–Crippen MR) is 132 cm³/mol. The molecule has 3 atom stereocenters. The maximum Gasteiger partial charge on any atom is 0.416 e. The number of benzene rings is 1. The number of nitrogens with zero attached hydrogens (tertiary/aromatic N) is 4. The largest absolute Gasteiger partial charge is 0.444 e. The summed E-state index contributed by atoms with van der Waals surface area (Å²) >= 11 is 0. The first-order valence-electron chi connectivity index (χ1n) is 12.1. The van der Waals surface area contributed by atoms with Crippen LogP contribution in [0.5, 0.6) is 0 Å². The Morgan fingerprint density at radius 2 is 1.95 bits per heavy atom. The number of carbonyl (C=O) groups is 1. The molecular formula is C26H31F4N5O2. The Bertz CT molecular complexity index is 1280.